The van der Waals surface area contributed by atoms with E-state index in [0.717, 1.165) is 5.65 Å². The SMILES string of the molecule is CNC(=O)c1cnc2ccc(C(C)(C)C)cn12. The highest BCUT2D eigenvalue weighted by Crippen LogP contribution is 2.22. The Morgan fingerprint density at radius 1 is 1.35 bits per heavy atom. The Hall–Kier alpha value is -1.84. The maximum absolute atomic E-state index is 11.7. The Kier molecular flexibility index (Phi) is 2.65. The highest BCUT2D eigenvalue weighted by atomic mass is 16.1. The number of fused-ring (bicyclic) bond motifs is 1. The minimum absolute atomic E-state index is 0.0540. The van der Waals surface area contributed by atoms with Crippen molar-refractivity contribution in [2.24, 2.45) is 0 Å². The smallest absolute Gasteiger partial charge is 0.269 e. The van der Waals surface area contributed by atoms with Crippen LogP contribution < -0.4 is 5.32 Å². The van der Waals surface area contributed by atoms with Gasteiger partial charge in [0.05, 0.1) is 6.20 Å². The maximum Gasteiger partial charge on any atom is 0.269 e. The van der Waals surface area contributed by atoms with Gasteiger partial charge in [0.1, 0.15) is 11.3 Å². The minimum Gasteiger partial charge on any atom is -0.354 e. The summed E-state index contributed by atoms with van der Waals surface area (Å²) in [5.74, 6) is -0.122. The van der Waals surface area contributed by atoms with Gasteiger partial charge in [-0.25, -0.2) is 4.98 Å². The minimum atomic E-state index is -0.122. The Balaban J connectivity index is 2.62. The van der Waals surface area contributed by atoms with Gasteiger partial charge in [-0.05, 0) is 17.0 Å². The first-order valence-electron chi connectivity index (χ1n) is 5.63. The average Bonchev–Trinajstić information content (AvgIpc) is 2.69. The van der Waals surface area contributed by atoms with Crippen LogP contribution >= 0.6 is 0 Å². The quantitative estimate of drug-likeness (QED) is 0.815. The van der Waals surface area contributed by atoms with Crippen molar-refractivity contribution in [3.63, 3.8) is 0 Å². The van der Waals surface area contributed by atoms with E-state index in [9.17, 15) is 4.79 Å². The van der Waals surface area contributed by atoms with Crippen LogP contribution in [-0.4, -0.2) is 22.3 Å². The van der Waals surface area contributed by atoms with Gasteiger partial charge in [-0.2, -0.15) is 0 Å². The number of imidazole rings is 1. The Bertz CT molecular complexity index is 564. The van der Waals surface area contributed by atoms with Crippen LogP contribution in [0.15, 0.2) is 24.5 Å². The molecule has 0 unspecified atom stereocenters. The largest absolute Gasteiger partial charge is 0.354 e. The van der Waals surface area contributed by atoms with Crippen LogP contribution in [0.1, 0.15) is 36.8 Å². The van der Waals surface area contributed by atoms with E-state index in [1.54, 1.807) is 13.2 Å². The summed E-state index contributed by atoms with van der Waals surface area (Å²) in [5.41, 5.74) is 2.58. The molecule has 0 aromatic carbocycles. The normalized spacial score (nSPS) is 11.8. The molecule has 0 aliphatic rings. The van der Waals surface area contributed by atoms with Crippen molar-refractivity contribution < 1.29 is 4.79 Å². The third kappa shape index (κ3) is 2.02. The van der Waals surface area contributed by atoms with E-state index in [0.29, 0.717) is 5.69 Å². The zero-order valence-electron chi connectivity index (χ0n) is 10.6. The van der Waals surface area contributed by atoms with Gasteiger partial charge in [-0.1, -0.05) is 26.8 Å². The fourth-order valence-electron chi connectivity index (χ4n) is 1.72. The van der Waals surface area contributed by atoms with E-state index in [4.69, 9.17) is 0 Å². The fourth-order valence-corrected chi connectivity index (χ4v) is 1.72. The Morgan fingerprint density at radius 3 is 2.65 bits per heavy atom. The van der Waals surface area contributed by atoms with E-state index in [1.165, 1.54) is 5.56 Å². The summed E-state index contributed by atoms with van der Waals surface area (Å²) in [6, 6.07) is 3.99. The number of rotatable bonds is 1. The van der Waals surface area contributed by atoms with Gasteiger partial charge in [0.2, 0.25) is 0 Å². The molecule has 17 heavy (non-hydrogen) atoms. The highest BCUT2D eigenvalue weighted by molar-refractivity contribution is 5.93. The topological polar surface area (TPSA) is 46.4 Å². The number of carbonyl (C=O) groups excluding carboxylic acids is 1. The first kappa shape index (κ1) is 11.6. The standard InChI is InChI=1S/C13H17N3O/c1-13(2,3)9-5-6-11-15-7-10(12(17)14-4)16(11)8-9/h5-8H,1-4H3,(H,14,17). The van der Waals surface area contributed by atoms with E-state index in [1.807, 2.05) is 16.7 Å². The second-order valence-corrected chi connectivity index (χ2v) is 5.12. The molecular formula is C13H17N3O. The number of pyridine rings is 1. The van der Waals surface area contributed by atoms with Crippen LogP contribution in [0.3, 0.4) is 0 Å². The highest BCUT2D eigenvalue weighted by Gasteiger charge is 2.16. The summed E-state index contributed by atoms with van der Waals surface area (Å²) in [7, 11) is 1.62. The molecule has 0 aliphatic carbocycles. The van der Waals surface area contributed by atoms with Crippen molar-refractivity contribution in [1.82, 2.24) is 14.7 Å². The maximum atomic E-state index is 11.7. The molecule has 2 rings (SSSR count). The predicted octanol–water partition coefficient (Wildman–Crippen LogP) is 1.99. The molecule has 90 valence electrons. The first-order chi connectivity index (χ1) is 7.93. The number of amides is 1. The van der Waals surface area contributed by atoms with E-state index < -0.39 is 0 Å². The second-order valence-electron chi connectivity index (χ2n) is 5.12. The van der Waals surface area contributed by atoms with Crippen molar-refractivity contribution in [3.8, 4) is 0 Å². The van der Waals surface area contributed by atoms with Crippen molar-refractivity contribution in [1.29, 1.82) is 0 Å². The monoisotopic (exact) mass is 231 g/mol. The lowest BCUT2D eigenvalue weighted by atomic mass is 9.88. The fraction of sp³-hybridized carbons (Fsp3) is 0.385. The van der Waals surface area contributed by atoms with Gasteiger partial charge in [-0.3, -0.25) is 9.20 Å². The van der Waals surface area contributed by atoms with E-state index in [-0.39, 0.29) is 11.3 Å². The molecule has 0 fully saturated rings. The summed E-state index contributed by atoms with van der Waals surface area (Å²) in [5, 5.41) is 2.62. The molecule has 0 saturated heterocycles. The molecule has 0 saturated carbocycles. The second kappa shape index (κ2) is 3.87. The molecule has 0 radical (unpaired) electrons. The number of aromatic nitrogens is 2. The molecule has 2 heterocycles. The van der Waals surface area contributed by atoms with Gasteiger partial charge in [-0.15, -0.1) is 0 Å². The third-order valence-corrected chi connectivity index (χ3v) is 2.83. The number of hydrogen-bond donors (Lipinski definition) is 1. The van der Waals surface area contributed by atoms with Crippen molar-refractivity contribution in [3.05, 3.63) is 35.8 Å². The molecule has 0 aliphatic heterocycles. The zero-order chi connectivity index (χ0) is 12.6. The van der Waals surface area contributed by atoms with Crippen LogP contribution in [0.2, 0.25) is 0 Å². The van der Waals surface area contributed by atoms with E-state index in [2.05, 4.69) is 37.1 Å². The molecule has 2 aromatic heterocycles. The number of nitrogens with one attached hydrogen (secondary N) is 1. The number of nitrogens with zero attached hydrogens (tertiary/aromatic N) is 2. The lowest BCUT2D eigenvalue weighted by Gasteiger charge is -2.19. The van der Waals surface area contributed by atoms with Crippen LogP contribution in [0.25, 0.3) is 5.65 Å². The van der Waals surface area contributed by atoms with Crippen molar-refractivity contribution in [2.75, 3.05) is 7.05 Å². The summed E-state index contributed by atoms with van der Waals surface area (Å²) >= 11 is 0. The molecule has 4 nitrogen and oxygen atoms in total. The summed E-state index contributed by atoms with van der Waals surface area (Å²) in [6.45, 7) is 6.43. The van der Waals surface area contributed by atoms with Crippen LogP contribution in [0, 0.1) is 0 Å². The zero-order valence-corrected chi connectivity index (χ0v) is 10.6. The van der Waals surface area contributed by atoms with Crippen LogP contribution in [0.4, 0.5) is 0 Å². The molecule has 1 N–H and O–H groups in total. The third-order valence-electron chi connectivity index (χ3n) is 2.83. The summed E-state index contributed by atoms with van der Waals surface area (Å²) < 4.78 is 1.83. The molecule has 0 spiro atoms. The van der Waals surface area contributed by atoms with Gasteiger partial charge in [0.15, 0.2) is 0 Å². The molecule has 4 heteroatoms. The van der Waals surface area contributed by atoms with Gasteiger partial charge < -0.3 is 5.32 Å². The van der Waals surface area contributed by atoms with Crippen LogP contribution in [-0.2, 0) is 5.41 Å². The molecular weight excluding hydrogens is 214 g/mol. The predicted molar refractivity (Wildman–Crippen MR) is 67.3 cm³/mol. The molecule has 1 amide bonds. The van der Waals surface area contributed by atoms with Gasteiger partial charge in [0, 0.05) is 13.2 Å². The Labute approximate surface area is 101 Å². The average molecular weight is 231 g/mol. The van der Waals surface area contributed by atoms with Crippen molar-refractivity contribution >= 4 is 11.6 Å². The van der Waals surface area contributed by atoms with Gasteiger partial charge in [0.25, 0.3) is 5.91 Å². The van der Waals surface area contributed by atoms with Crippen LogP contribution in [0.5, 0.6) is 0 Å². The lowest BCUT2D eigenvalue weighted by Crippen LogP contribution is -2.20. The molecule has 0 bridgehead atoms. The Morgan fingerprint density at radius 2 is 2.06 bits per heavy atom. The van der Waals surface area contributed by atoms with Gasteiger partial charge >= 0.3 is 0 Å². The summed E-state index contributed by atoms with van der Waals surface area (Å²) in [4.78, 5) is 15.9. The summed E-state index contributed by atoms with van der Waals surface area (Å²) in [6.07, 6.45) is 3.58. The number of carbonyl (C=O) groups is 1. The van der Waals surface area contributed by atoms with E-state index >= 15 is 0 Å². The first-order valence-corrected chi connectivity index (χ1v) is 5.63. The lowest BCUT2D eigenvalue weighted by molar-refractivity contribution is 0.0957. The van der Waals surface area contributed by atoms with Crippen molar-refractivity contribution in [2.45, 2.75) is 26.2 Å². The molecule has 2 aromatic rings. The molecule has 0 atom stereocenters. The number of hydrogen-bond acceptors (Lipinski definition) is 2.